The minimum Gasteiger partial charge on any atom is -0.477 e. The molecule has 0 aliphatic rings. The number of nitro benzene ring substituents is 1. The maximum Gasteiger partial charge on any atom is 0.310 e. The molecule has 8 nitrogen and oxygen atoms in total. The lowest BCUT2D eigenvalue weighted by Crippen LogP contribution is -2.20. The molecule has 1 N–H and O–H groups in total. The van der Waals surface area contributed by atoms with E-state index in [4.69, 9.17) is 4.74 Å². The fraction of sp³-hybridized carbons (Fsp3) is 0.0909. The fourth-order valence-electron chi connectivity index (χ4n) is 3.18. The number of carbonyl (C=O) groups excluding carboxylic acids is 1. The summed E-state index contributed by atoms with van der Waals surface area (Å²) in [5, 5.41) is 13.7. The van der Waals surface area contributed by atoms with Crippen LogP contribution in [-0.2, 0) is 11.8 Å². The largest absolute Gasteiger partial charge is 0.477 e. The van der Waals surface area contributed by atoms with Gasteiger partial charge in [-0.3, -0.25) is 14.9 Å². The normalized spacial score (nSPS) is 10.7. The molecule has 150 valence electrons. The van der Waals surface area contributed by atoms with E-state index >= 15 is 0 Å². The highest BCUT2D eigenvalue weighted by Crippen LogP contribution is 2.26. The number of nitro groups is 1. The number of carbonyl (C=O) groups is 1. The predicted molar refractivity (Wildman–Crippen MR) is 113 cm³/mol. The third-order valence-electron chi connectivity index (χ3n) is 4.63. The summed E-state index contributed by atoms with van der Waals surface area (Å²) in [5.41, 5.74) is 3.28. The minimum absolute atomic E-state index is 0.0508. The topological polar surface area (TPSA) is 99.3 Å². The van der Waals surface area contributed by atoms with E-state index in [0.717, 1.165) is 22.4 Å². The van der Waals surface area contributed by atoms with Gasteiger partial charge in [-0.2, -0.15) is 0 Å². The third-order valence-corrected chi connectivity index (χ3v) is 4.63. The molecule has 0 bridgehead atoms. The molecular formula is C22H18N4O4. The van der Waals surface area contributed by atoms with Crippen LogP contribution in [0.1, 0.15) is 0 Å². The molecule has 0 fully saturated rings. The lowest BCUT2D eigenvalue weighted by atomic mass is 10.2. The van der Waals surface area contributed by atoms with Crippen molar-refractivity contribution in [3.8, 4) is 17.1 Å². The molecule has 3 aromatic carbocycles. The molecule has 0 spiro atoms. The van der Waals surface area contributed by atoms with Crippen molar-refractivity contribution >= 4 is 28.3 Å². The highest BCUT2D eigenvalue weighted by atomic mass is 16.6. The summed E-state index contributed by atoms with van der Waals surface area (Å²) in [4.78, 5) is 27.3. The number of anilines is 1. The Labute approximate surface area is 171 Å². The van der Waals surface area contributed by atoms with Crippen LogP contribution in [0.5, 0.6) is 5.75 Å². The number of aryl methyl sites for hydroxylation is 1. The highest BCUT2D eigenvalue weighted by molar-refractivity contribution is 5.92. The molecule has 0 unspecified atom stereocenters. The van der Waals surface area contributed by atoms with Crippen LogP contribution in [0, 0.1) is 10.1 Å². The van der Waals surface area contributed by atoms with Crippen LogP contribution in [0.3, 0.4) is 0 Å². The number of fused-ring (bicyclic) bond motifs is 1. The Morgan fingerprint density at radius 1 is 1.07 bits per heavy atom. The van der Waals surface area contributed by atoms with Crippen LogP contribution in [0.25, 0.3) is 22.4 Å². The van der Waals surface area contributed by atoms with E-state index in [2.05, 4.69) is 10.3 Å². The Bertz CT molecular complexity index is 1230. The Morgan fingerprint density at radius 2 is 1.77 bits per heavy atom. The van der Waals surface area contributed by atoms with E-state index < -0.39 is 10.8 Å². The molecular weight excluding hydrogens is 384 g/mol. The molecule has 1 amide bonds. The molecule has 4 aromatic rings. The van der Waals surface area contributed by atoms with Gasteiger partial charge in [-0.05, 0) is 42.5 Å². The molecule has 30 heavy (non-hydrogen) atoms. The van der Waals surface area contributed by atoms with Crippen LogP contribution in [0.2, 0.25) is 0 Å². The van der Waals surface area contributed by atoms with Crippen LogP contribution in [0.15, 0.2) is 72.8 Å². The number of hydrogen-bond acceptors (Lipinski definition) is 5. The number of rotatable bonds is 6. The quantitative estimate of drug-likeness (QED) is 0.385. The number of hydrogen-bond donors (Lipinski definition) is 1. The number of nitrogens with zero attached hydrogens (tertiary/aromatic N) is 3. The van der Waals surface area contributed by atoms with Crippen molar-refractivity contribution in [2.24, 2.45) is 7.05 Å². The third kappa shape index (κ3) is 3.83. The van der Waals surface area contributed by atoms with Crippen LogP contribution in [-0.4, -0.2) is 27.0 Å². The van der Waals surface area contributed by atoms with Crippen molar-refractivity contribution in [3.63, 3.8) is 0 Å². The average Bonchev–Trinajstić information content (AvgIpc) is 3.10. The Morgan fingerprint density at radius 3 is 2.50 bits per heavy atom. The second kappa shape index (κ2) is 8.04. The van der Waals surface area contributed by atoms with Crippen molar-refractivity contribution in [3.05, 3.63) is 82.9 Å². The van der Waals surface area contributed by atoms with Crippen LogP contribution >= 0.6 is 0 Å². The molecule has 8 heteroatoms. The predicted octanol–water partition coefficient (Wildman–Crippen LogP) is 4.17. The zero-order valence-corrected chi connectivity index (χ0v) is 16.1. The molecule has 1 aromatic heterocycles. The standard InChI is InChI=1S/C22H18N4O4/c1-25-18-7-3-2-6-17(18)24-22(25)15-10-12-16(13-11-15)23-21(27)14-30-20-9-5-4-8-19(20)26(28)29/h2-13H,14H2,1H3,(H,23,27). The van der Waals surface area contributed by atoms with Crippen molar-refractivity contribution in [2.45, 2.75) is 0 Å². The number of benzene rings is 3. The van der Waals surface area contributed by atoms with E-state index in [1.807, 2.05) is 48.0 Å². The first-order valence-electron chi connectivity index (χ1n) is 9.21. The summed E-state index contributed by atoms with van der Waals surface area (Å²) in [5.74, 6) is 0.465. The lowest BCUT2D eigenvalue weighted by molar-refractivity contribution is -0.385. The van der Waals surface area contributed by atoms with Crippen molar-refractivity contribution in [2.75, 3.05) is 11.9 Å². The Kier molecular flexibility index (Phi) is 5.13. The molecule has 0 aliphatic heterocycles. The van der Waals surface area contributed by atoms with E-state index in [1.54, 1.807) is 18.2 Å². The lowest BCUT2D eigenvalue weighted by Gasteiger charge is -2.09. The fourth-order valence-corrected chi connectivity index (χ4v) is 3.18. The number of imidazole rings is 1. The summed E-state index contributed by atoms with van der Waals surface area (Å²) in [6.45, 7) is -0.336. The van der Waals surface area contributed by atoms with Crippen molar-refractivity contribution in [1.82, 2.24) is 9.55 Å². The monoisotopic (exact) mass is 402 g/mol. The first kappa shape index (κ1) is 19.1. The van der Waals surface area contributed by atoms with E-state index in [-0.39, 0.29) is 18.0 Å². The van der Waals surface area contributed by atoms with Gasteiger partial charge < -0.3 is 14.6 Å². The second-order valence-electron chi connectivity index (χ2n) is 6.62. The van der Waals surface area contributed by atoms with Crippen molar-refractivity contribution in [1.29, 1.82) is 0 Å². The Balaban J connectivity index is 1.43. The van der Waals surface area contributed by atoms with Gasteiger partial charge in [-0.25, -0.2) is 4.98 Å². The molecule has 0 saturated heterocycles. The number of nitrogens with one attached hydrogen (secondary N) is 1. The van der Waals surface area contributed by atoms with Gasteiger partial charge in [0.25, 0.3) is 5.91 Å². The molecule has 4 rings (SSSR count). The second-order valence-corrected chi connectivity index (χ2v) is 6.62. The van der Waals surface area contributed by atoms with Gasteiger partial charge >= 0.3 is 5.69 Å². The van der Waals surface area contributed by atoms with Crippen LogP contribution in [0.4, 0.5) is 11.4 Å². The van der Waals surface area contributed by atoms with Gasteiger partial charge in [0, 0.05) is 24.4 Å². The van der Waals surface area contributed by atoms with Crippen LogP contribution < -0.4 is 10.1 Å². The molecule has 0 saturated carbocycles. The SMILES string of the molecule is Cn1c(-c2ccc(NC(=O)COc3ccccc3[N+](=O)[O-])cc2)nc2ccccc21. The van der Waals surface area contributed by atoms with E-state index in [1.165, 1.54) is 18.2 Å². The molecule has 1 heterocycles. The zero-order chi connectivity index (χ0) is 21.1. The molecule has 0 radical (unpaired) electrons. The number of amides is 1. The van der Waals surface area contributed by atoms with Gasteiger partial charge in [0.15, 0.2) is 12.4 Å². The summed E-state index contributed by atoms with van der Waals surface area (Å²) in [6.07, 6.45) is 0. The number of para-hydroxylation sites is 4. The van der Waals surface area contributed by atoms with Gasteiger partial charge in [0.2, 0.25) is 0 Å². The van der Waals surface area contributed by atoms with E-state index in [9.17, 15) is 14.9 Å². The first-order chi connectivity index (χ1) is 14.5. The van der Waals surface area contributed by atoms with Gasteiger partial charge in [-0.1, -0.05) is 24.3 Å². The van der Waals surface area contributed by atoms with Gasteiger partial charge in [0.1, 0.15) is 5.82 Å². The van der Waals surface area contributed by atoms with E-state index in [0.29, 0.717) is 5.69 Å². The average molecular weight is 402 g/mol. The number of ether oxygens (including phenoxy) is 1. The zero-order valence-electron chi connectivity index (χ0n) is 16.1. The van der Waals surface area contributed by atoms with Gasteiger partial charge in [0.05, 0.1) is 16.0 Å². The first-order valence-corrected chi connectivity index (χ1v) is 9.21. The summed E-state index contributed by atoms with van der Waals surface area (Å²) >= 11 is 0. The maximum atomic E-state index is 12.2. The summed E-state index contributed by atoms with van der Waals surface area (Å²) in [7, 11) is 1.96. The molecule has 0 aliphatic carbocycles. The maximum absolute atomic E-state index is 12.2. The van der Waals surface area contributed by atoms with Gasteiger partial charge in [-0.15, -0.1) is 0 Å². The minimum atomic E-state index is -0.549. The van der Waals surface area contributed by atoms with Crippen molar-refractivity contribution < 1.29 is 14.5 Å². The highest BCUT2D eigenvalue weighted by Gasteiger charge is 2.15. The molecule has 0 atom stereocenters. The summed E-state index contributed by atoms with van der Waals surface area (Å²) in [6, 6.07) is 21.1. The smallest absolute Gasteiger partial charge is 0.310 e. The summed E-state index contributed by atoms with van der Waals surface area (Å²) < 4.78 is 7.33. The number of aromatic nitrogens is 2. The Hall–Kier alpha value is -4.20.